The van der Waals surface area contributed by atoms with E-state index in [1.165, 1.54) is 59.3 Å². The minimum atomic E-state index is -0.423. The molecule has 8 nitrogen and oxygen atoms in total. The van der Waals surface area contributed by atoms with Crippen molar-refractivity contribution in [2.45, 2.75) is 21.0 Å². The molecule has 138 valence electrons. The number of hydrogen-bond acceptors (Lipinski definition) is 9. The fourth-order valence-electron chi connectivity index (χ4n) is 2.03. The highest BCUT2D eigenvalue weighted by atomic mass is 32.2. The van der Waals surface area contributed by atoms with Crippen molar-refractivity contribution in [2.75, 3.05) is 0 Å². The Morgan fingerprint density at radius 1 is 0.815 bits per heavy atom. The van der Waals surface area contributed by atoms with Crippen LogP contribution in [-0.4, -0.2) is 19.2 Å². The van der Waals surface area contributed by atoms with Crippen LogP contribution in [0.5, 0.6) is 0 Å². The van der Waals surface area contributed by atoms with Crippen LogP contribution in [0.25, 0.3) is 0 Å². The van der Waals surface area contributed by atoms with Crippen LogP contribution in [0.1, 0.15) is 11.1 Å². The highest BCUT2D eigenvalue weighted by Gasteiger charge is 2.09. The summed E-state index contributed by atoms with van der Waals surface area (Å²) in [5, 5.41) is 22.0. The van der Waals surface area contributed by atoms with Crippen LogP contribution in [0.2, 0.25) is 0 Å². The number of nitrogens with zero attached hydrogens (tertiary/aromatic N) is 4. The summed E-state index contributed by atoms with van der Waals surface area (Å²) in [6, 6.07) is 12.9. The molecule has 11 heteroatoms. The van der Waals surface area contributed by atoms with Crippen molar-refractivity contribution >= 4 is 46.4 Å². The predicted octanol–water partition coefficient (Wildman–Crippen LogP) is 4.94. The van der Waals surface area contributed by atoms with Crippen LogP contribution < -0.4 is 0 Å². The molecule has 27 heavy (non-hydrogen) atoms. The molecule has 0 saturated heterocycles. The molecular weight excluding hydrogens is 408 g/mol. The summed E-state index contributed by atoms with van der Waals surface area (Å²) >= 11 is 4.29. The molecule has 0 bridgehead atoms. The van der Waals surface area contributed by atoms with Crippen molar-refractivity contribution < 1.29 is 9.85 Å². The number of non-ortho nitro benzene ring substituents is 2. The van der Waals surface area contributed by atoms with Gasteiger partial charge in [0, 0.05) is 35.8 Å². The number of benzene rings is 2. The fourth-order valence-corrected chi connectivity index (χ4v) is 4.57. The number of rotatable bonds is 8. The van der Waals surface area contributed by atoms with E-state index in [2.05, 4.69) is 9.36 Å². The Kier molecular flexibility index (Phi) is 6.37. The Balaban J connectivity index is 1.50. The van der Waals surface area contributed by atoms with Gasteiger partial charge in [-0.05, 0) is 22.7 Å². The first-order valence-corrected chi connectivity index (χ1v) is 10.3. The lowest BCUT2D eigenvalue weighted by Gasteiger charge is -1.99. The molecule has 0 spiro atoms. The molecule has 3 aromatic rings. The van der Waals surface area contributed by atoms with Crippen LogP contribution in [0, 0.1) is 20.2 Å². The van der Waals surface area contributed by atoms with E-state index in [0.29, 0.717) is 16.7 Å². The second-order valence-corrected chi connectivity index (χ2v) is 8.18. The summed E-state index contributed by atoms with van der Waals surface area (Å²) in [5.74, 6) is 1.28. The zero-order chi connectivity index (χ0) is 19.2. The number of thioether (sulfide) groups is 2. The topological polar surface area (TPSA) is 112 Å². The minimum absolute atomic E-state index is 0.0699. The fraction of sp³-hybridized carbons (Fsp3) is 0.125. The minimum Gasteiger partial charge on any atom is -0.258 e. The van der Waals surface area contributed by atoms with Gasteiger partial charge in [-0.15, -0.1) is 0 Å². The first kappa shape index (κ1) is 19.3. The molecule has 0 N–H and O–H groups in total. The highest BCUT2D eigenvalue weighted by molar-refractivity contribution is 8.00. The molecule has 0 saturated carbocycles. The Morgan fingerprint density at radius 2 is 1.30 bits per heavy atom. The van der Waals surface area contributed by atoms with Crippen molar-refractivity contribution in [1.82, 2.24) is 9.36 Å². The molecular formula is C16H12N4O4S3. The van der Waals surface area contributed by atoms with Gasteiger partial charge in [-0.1, -0.05) is 47.8 Å². The second kappa shape index (κ2) is 8.93. The molecule has 0 unspecified atom stereocenters. The monoisotopic (exact) mass is 420 g/mol. The van der Waals surface area contributed by atoms with Crippen LogP contribution in [0.3, 0.4) is 0 Å². The van der Waals surface area contributed by atoms with Crippen molar-refractivity contribution in [3.8, 4) is 0 Å². The summed E-state index contributed by atoms with van der Waals surface area (Å²) in [6.07, 6.45) is 0. The lowest BCUT2D eigenvalue weighted by atomic mass is 10.2. The quantitative estimate of drug-likeness (QED) is 0.286. The van der Waals surface area contributed by atoms with Gasteiger partial charge in [-0.25, -0.2) is 4.98 Å². The lowest BCUT2D eigenvalue weighted by Crippen LogP contribution is -1.88. The van der Waals surface area contributed by atoms with Gasteiger partial charge in [-0.2, -0.15) is 4.37 Å². The zero-order valence-electron chi connectivity index (χ0n) is 13.7. The van der Waals surface area contributed by atoms with E-state index in [-0.39, 0.29) is 11.4 Å². The predicted molar refractivity (Wildman–Crippen MR) is 105 cm³/mol. The van der Waals surface area contributed by atoms with Crippen LogP contribution >= 0.6 is 35.1 Å². The first-order valence-electron chi connectivity index (χ1n) is 7.57. The van der Waals surface area contributed by atoms with Gasteiger partial charge >= 0.3 is 0 Å². The SMILES string of the molecule is O=[N+]([O-])c1ccc(CSc2nsc(SCc3ccc([N+](=O)[O-])cc3)n2)cc1. The van der Waals surface area contributed by atoms with E-state index in [4.69, 9.17) is 0 Å². The molecule has 1 heterocycles. The summed E-state index contributed by atoms with van der Waals surface area (Å²) in [6.45, 7) is 0. The highest BCUT2D eigenvalue weighted by Crippen LogP contribution is 2.29. The van der Waals surface area contributed by atoms with E-state index in [1.807, 2.05) is 0 Å². The zero-order valence-corrected chi connectivity index (χ0v) is 16.1. The van der Waals surface area contributed by atoms with Gasteiger partial charge in [0.25, 0.3) is 11.4 Å². The van der Waals surface area contributed by atoms with E-state index in [9.17, 15) is 20.2 Å². The molecule has 3 rings (SSSR count). The maximum atomic E-state index is 10.7. The van der Waals surface area contributed by atoms with Crippen molar-refractivity contribution in [3.63, 3.8) is 0 Å². The Labute approximate surface area is 166 Å². The third kappa shape index (κ3) is 5.49. The number of hydrogen-bond donors (Lipinski definition) is 0. The van der Waals surface area contributed by atoms with Gasteiger partial charge < -0.3 is 0 Å². The van der Waals surface area contributed by atoms with E-state index < -0.39 is 9.85 Å². The Hall–Kier alpha value is -2.50. The van der Waals surface area contributed by atoms with Gasteiger partial charge in [0.1, 0.15) is 0 Å². The van der Waals surface area contributed by atoms with Crippen molar-refractivity contribution in [2.24, 2.45) is 0 Å². The molecule has 1 aromatic heterocycles. The van der Waals surface area contributed by atoms with Gasteiger partial charge in [0.15, 0.2) is 4.34 Å². The average molecular weight is 420 g/mol. The Bertz CT molecular complexity index is 869. The Morgan fingerprint density at radius 3 is 1.78 bits per heavy atom. The maximum Gasteiger partial charge on any atom is 0.269 e. The normalized spacial score (nSPS) is 10.7. The smallest absolute Gasteiger partial charge is 0.258 e. The number of aromatic nitrogens is 2. The van der Waals surface area contributed by atoms with Gasteiger partial charge in [-0.3, -0.25) is 20.2 Å². The molecule has 0 radical (unpaired) electrons. The molecule has 0 fully saturated rings. The maximum absolute atomic E-state index is 10.7. The standard InChI is InChI=1S/C16H12N4O4S3/c21-19(22)13-5-1-11(2-6-13)9-25-15-17-16(27-18-15)26-10-12-3-7-14(8-4-12)20(23)24/h1-8H,9-10H2. The molecule has 0 aliphatic rings. The van der Waals surface area contributed by atoms with Crippen LogP contribution in [0.4, 0.5) is 11.4 Å². The van der Waals surface area contributed by atoms with Crippen LogP contribution in [-0.2, 0) is 11.5 Å². The van der Waals surface area contributed by atoms with E-state index >= 15 is 0 Å². The van der Waals surface area contributed by atoms with Crippen molar-refractivity contribution in [1.29, 1.82) is 0 Å². The molecule has 0 aliphatic heterocycles. The largest absolute Gasteiger partial charge is 0.269 e. The number of nitro groups is 2. The van der Waals surface area contributed by atoms with Gasteiger partial charge in [0.2, 0.25) is 5.16 Å². The molecule has 0 amide bonds. The third-order valence-corrected chi connectivity index (χ3v) is 6.35. The average Bonchev–Trinajstić information content (AvgIpc) is 3.13. The summed E-state index contributed by atoms with van der Waals surface area (Å²) in [4.78, 5) is 24.9. The second-order valence-electron chi connectivity index (χ2n) is 5.27. The van der Waals surface area contributed by atoms with E-state index in [0.717, 1.165) is 15.5 Å². The lowest BCUT2D eigenvalue weighted by molar-refractivity contribution is -0.385. The van der Waals surface area contributed by atoms with Crippen molar-refractivity contribution in [3.05, 3.63) is 79.9 Å². The van der Waals surface area contributed by atoms with Gasteiger partial charge in [0.05, 0.1) is 9.85 Å². The third-order valence-electron chi connectivity index (χ3n) is 3.41. The summed E-state index contributed by atoms with van der Waals surface area (Å²) in [5.41, 5.74) is 2.08. The summed E-state index contributed by atoms with van der Waals surface area (Å²) in [7, 11) is 0. The van der Waals surface area contributed by atoms with Crippen LogP contribution in [0.15, 0.2) is 58.0 Å². The molecule has 2 aromatic carbocycles. The molecule has 0 aliphatic carbocycles. The first-order chi connectivity index (χ1) is 13.0. The molecule has 0 atom stereocenters. The number of nitro benzene ring substituents is 2. The summed E-state index contributed by atoms with van der Waals surface area (Å²) < 4.78 is 5.12. The van der Waals surface area contributed by atoms with E-state index in [1.54, 1.807) is 24.3 Å².